The van der Waals surface area contributed by atoms with Crippen LogP contribution in [0.2, 0.25) is 5.15 Å². The van der Waals surface area contributed by atoms with Crippen molar-refractivity contribution in [2.24, 2.45) is 5.92 Å². The number of ether oxygens (including phenoxy) is 2. The van der Waals surface area contributed by atoms with Gasteiger partial charge in [0.1, 0.15) is 16.5 Å². The Morgan fingerprint density at radius 2 is 2.50 bits per heavy atom. The normalized spacial score (nSPS) is 18.9. The van der Waals surface area contributed by atoms with Gasteiger partial charge in [0.05, 0.1) is 6.61 Å². The van der Waals surface area contributed by atoms with Gasteiger partial charge >= 0.3 is 5.97 Å². The summed E-state index contributed by atoms with van der Waals surface area (Å²) in [7, 11) is 0. The Hall–Kier alpha value is -1.20. The van der Waals surface area contributed by atoms with Crippen LogP contribution in [0.4, 0.5) is 0 Å². The van der Waals surface area contributed by atoms with Gasteiger partial charge in [-0.15, -0.1) is 0 Å². The van der Waals surface area contributed by atoms with Gasteiger partial charge in [-0.25, -0.2) is 14.8 Å². The lowest BCUT2D eigenvalue weighted by molar-refractivity contribution is 0.0525. The number of rotatable bonds is 4. The molecule has 1 atom stereocenters. The van der Waals surface area contributed by atoms with Crippen LogP contribution in [0, 0.1) is 5.92 Å². The number of halogens is 1. The SMILES string of the molecule is CCOC(=O)c1cnc(CC2CCOC2)nc1Cl. The maximum absolute atomic E-state index is 11.5. The molecule has 2 rings (SSSR count). The van der Waals surface area contributed by atoms with Crippen molar-refractivity contribution in [3.63, 3.8) is 0 Å². The Morgan fingerprint density at radius 3 is 3.11 bits per heavy atom. The lowest BCUT2D eigenvalue weighted by Gasteiger charge is -2.08. The fraction of sp³-hybridized carbons (Fsp3) is 0.583. The Kier molecular flexibility index (Phi) is 4.49. The van der Waals surface area contributed by atoms with Gasteiger partial charge in [-0.1, -0.05) is 11.6 Å². The Morgan fingerprint density at radius 1 is 1.67 bits per heavy atom. The van der Waals surface area contributed by atoms with E-state index < -0.39 is 5.97 Å². The van der Waals surface area contributed by atoms with Crippen molar-refractivity contribution in [3.8, 4) is 0 Å². The van der Waals surface area contributed by atoms with Gasteiger partial charge in [-0.05, 0) is 19.3 Å². The first-order chi connectivity index (χ1) is 8.70. The van der Waals surface area contributed by atoms with Crippen LogP contribution in [-0.2, 0) is 15.9 Å². The molecule has 2 heterocycles. The van der Waals surface area contributed by atoms with Crippen LogP contribution in [0.25, 0.3) is 0 Å². The molecule has 0 aliphatic carbocycles. The molecule has 0 radical (unpaired) electrons. The third kappa shape index (κ3) is 3.17. The van der Waals surface area contributed by atoms with E-state index in [1.54, 1.807) is 6.92 Å². The minimum absolute atomic E-state index is 0.150. The fourth-order valence-corrected chi connectivity index (χ4v) is 2.06. The quantitative estimate of drug-likeness (QED) is 0.618. The van der Waals surface area contributed by atoms with Gasteiger partial charge in [-0.2, -0.15) is 0 Å². The molecule has 0 N–H and O–H groups in total. The molecule has 1 aromatic heterocycles. The van der Waals surface area contributed by atoms with E-state index >= 15 is 0 Å². The molecule has 0 amide bonds. The molecule has 1 aromatic rings. The lowest BCUT2D eigenvalue weighted by Crippen LogP contribution is -2.11. The number of carbonyl (C=O) groups excluding carboxylic acids is 1. The van der Waals surface area contributed by atoms with Crippen molar-refractivity contribution in [3.05, 3.63) is 22.7 Å². The van der Waals surface area contributed by atoms with Crippen LogP contribution >= 0.6 is 11.6 Å². The second kappa shape index (κ2) is 6.11. The van der Waals surface area contributed by atoms with Crippen LogP contribution in [-0.4, -0.2) is 35.8 Å². The molecule has 1 aliphatic heterocycles. The molecule has 98 valence electrons. The van der Waals surface area contributed by atoms with Crippen LogP contribution < -0.4 is 0 Å². The molecule has 1 unspecified atom stereocenters. The highest BCUT2D eigenvalue weighted by Gasteiger charge is 2.19. The van der Waals surface area contributed by atoms with E-state index in [1.165, 1.54) is 6.20 Å². The second-order valence-electron chi connectivity index (χ2n) is 4.14. The molecular weight excluding hydrogens is 256 g/mol. The maximum Gasteiger partial charge on any atom is 0.342 e. The number of carbonyl (C=O) groups is 1. The van der Waals surface area contributed by atoms with Crippen molar-refractivity contribution < 1.29 is 14.3 Å². The second-order valence-corrected chi connectivity index (χ2v) is 4.50. The molecular formula is C12H15ClN2O3. The Bertz CT molecular complexity index is 433. The molecule has 0 aromatic carbocycles. The highest BCUT2D eigenvalue weighted by molar-refractivity contribution is 6.32. The molecule has 0 saturated carbocycles. The summed E-state index contributed by atoms with van der Waals surface area (Å²) in [6, 6.07) is 0. The molecule has 6 heteroatoms. The average Bonchev–Trinajstić information content (AvgIpc) is 2.82. The van der Waals surface area contributed by atoms with E-state index in [-0.39, 0.29) is 10.7 Å². The number of hydrogen-bond acceptors (Lipinski definition) is 5. The van der Waals surface area contributed by atoms with E-state index in [1.807, 2.05) is 0 Å². The van der Waals surface area contributed by atoms with Gasteiger partial charge < -0.3 is 9.47 Å². The first-order valence-electron chi connectivity index (χ1n) is 5.97. The highest BCUT2D eigenvalue weighted by Crippen LogP contribution is 2.19. The predicted molar refractivity (Wildman–Crippen MR) is 65.6 cm³/mol. The highest BCUT2D eigenvalue weighted by atomic mass is 35.5. The first kappa shape index (κ1) is 13.2. The molecule has 1 aliphatic rings. The third-order valence-electron chi connectivity index (χ3n) is 2.78. The average molecular weight is 271 g/mol. The van der Waals surface area contributed by atoms with E-state index in [0.29, 0.717) is 18.3 Å². The molecule has 0 bridgehead atoms. The van der Waals surface area contributed by atoms with Crippen molar-refractivity contribution in [1.29, 1.82) is 0 Å². The molecule has 1 saturated heterocycles. The summed E-state index contributed by atoms with van der Waals surface area (Å²) in [5.41, 5.74) is 0.213. The van der Waals surface area contributed by atoms with Gasteiger partial charge in [0.15, 0.2) is 0 Å². The van der Waals surface area contributed by atoms with Crippen LogP contribution in [0.1, 0.15) is 29.5 Å². The Balaban J connectivity index is 2.06. The fourth-order valence-electron chi connectivity index (χ4n) is 1.84. The predicted octanol–water partition coefficient (Wildman–Crippen LogP) is 1.89. The number of aromatic nitrogens is 2. The van der Waals surface area contributed by atoms with E-state index in [4.69, 9.17) is 21.1 Å². The Labute approximate surface area is 110 Å². The zero-order valence-electron chi connectivity index (χ0n) is 10.2. The van der Waals surface area contributed by atoms with Crippen molar-refractivity contribution >= 4 is 17.6 Å². The summed E-state index contributed by atoms with van der Waals surface area (Å²) in [5, 5.41) is 0.150. The largest absolute Gasteiger partial charge is 0.462 e. The van der Waals surface area contributed by atoms with Crippen molar-refractivity contribution in [2.45, 2.75) is 19.8 Å². The molecule has 18 heavy (non-hydrogen) atoms. The number of hydrogen-bond donors (Lipinski definition) is 0. The minimum Gasteiger partial charge on any atom is -0.462 e. The summed E-state index contributed by atoms with van der Waals surface area (Å²) >= 11 is 5.96. The van der Waals surface area contributed by atoms with Gasteiger partial charge in [-0.3, -0.25) is 0 Å². The van der Waals surface area contributed by atoms with Gasteiger partial charge in [0, 0.05) is 25.8 Å². The smallest absolute Gasteiger partial charge is 0.342 e. The van der Waals surface area contributed by atoms with Crippen LogP contribution in [0.5, 0.6) is 0 Å². The first-order valence-corrected chi connectivity index (χ1v) is 6.34. The lowest BCUT2D eigenvalue weighted by atomic mass is 10.1. The summed E-state index contributed by atoms with van der Waals surface area (Å²) in [4.78, 5) is 19.8. The minimum atomic E-state index is -0.488. The van der Waals surface area contributed by atoms with Crippen molar-refractivity contribution in [2.75, 3.05) is 19.8 Å². The molecule has 1 fully saturated rings. The zero-order chi connectivity index (χ0) is 13.0. The third-order valence-corrected chi connectivity index (χ3v) is 3.07. The van der Waals surface area contributed by atoms with Crippen LogP contribution in [0.15, 0.2) is 6.20 Å². The van der Waals surface area contributed by atoms with Crippen LogP contribution in [0.3, 0.4) is 0 Å². The summed E-state index contributed by atoms with van der Waals surface area (Å²) in [5.74, 6) is 0.594. The molecule has 0 spiro atoms. The summed E-state index contributed by atoms with van der Waals surface area (Å²) < 4.78 is 10.1. The van der Waals surface area contributed by atoms with E-state index in [2.05, 4.69) is 9.97 Å². The van der Waals surface area contributed by atoms with E-state index in [9.17, 15) is 4.79 Å². The summed E-state index contributed by atoms with van der Waals surface area (Å²) in [6.07, 6.45) is 3.17. The number of esters is 1. The maximum atomic E-state index is 11.5. The van der Waals surface area contributed by atoms with Gasteiger partial charge in [0.25, 0.3) is 0 Å². The summed E-state index contributed by atoms with van der Waals surface area (Å²) in [6.45, 7) is 3.57. The standard InChI is InChI=1S/C12H15ClN2O3/c1-2-18-12(16)9-6-14-10(15-11(9)13)5-8-3-4-17-7-8/h6,8H,2-5,7H2,1H3. The van der Waals surface area contributed by atoms with Crippen molar-refractivity contribution in [1.82, 2.24) is 9.97 Å². The number of nitrogens with zero attached hydrogens (tertiary/aromatic N) is 2. The topological polar surface area (TPSA) is 61.3 Å². The van der Waals surface area contributed by atoms with E-state index in [0.717, 1.165) is 26.1 Å². The zero-order valence-corrected chi connectivity index (χ0v) is 10.9. The monoisotopic (exact) mass is 270 g/mol. The van der Waals surface area contributed by atoms with Gasteiger partial charge in [0.2, 0.25) is 0 Å². The molecule has 5 nitrogen and oxygen atoms in total.